The average Bonchev–Trinajstić information content (AvgIpc) is 2.04. The van der Waals surface area contributed by atoms with Crippen molar-refractivity contribution < 1.29 is 5.11 Å². The summed E-state index contributed by atoms with van der Waals surface area (Å²) in [6.07, 6.45) is 2.70. The van der Waals surface area contributed by atoms with E-state index in [0.717, 1.165) is 19.3 Å². The zero-order valence-corrected chi connectivity index (χ0v) is 7.16. The topological polar surface area (TPSA) is 55.2 Å². The molecule has 0 bridgehead atoms. The first-order valence-electron chi connectivity index (χ1n) is 4.11. The van der Waals surface area contributed by atoms with Crippen molar-refractivity contribution in [1.29, 1.82) is 0 Å². The highest BCUT2D eigenvalue weighted by Gasteiger charge is 2.14. The quantitative estimate of drug-likeness (QED) is 0.614. The smallest absolute Gasteiger partial charge is 0.0583 e. The van der Waals surface area contributed by atoms with Gasteiger partial charge in [-0.15, -0.1) is 0 Å². The van der Waals surface area contributed by atoms with Crippen molar-refractivity contribution in [3.63, 3.8) is 0 Å². The summed E-state index contributed by atoms with van der Waals surface area (Å²) < 4.78 is 0. The van der Waals surface area contributed by atoms with E-state index in [4.69, 9.17) is 0 Å². The molecule has 1 atom stereocenters. The molecule has 0 fully saturated rings. The van der Waals surface area contributed by atoms with Gasteiger partial charge in [-0.3, -0.25) is 0 Å². The maximum absolute atomic E-state index is 9.36. The largest absolute Gasteiger partial charge is 0.393 e. The number of benzene rings is 1. The van der Waals surface area contributed by atoms with Crippen LogP contribution in [-0.2, 0) is 12.8 Å². The highest BCUT2D eigenvalue weighted by molar-refractivity contribution is 5.29. The molecule has 2 nitrogen and oxygen atoms in total. The molecule has 1 aromatic rings. The minimum absolute atomic E-state index is 0. The van der Waals surface area contributed by atoms with Crippen LogP contribution in [0.25, 0.3) is 0 Å². The second kappa shape index (κ2) is 3.70. The molecule has 0 aromatic heterocycles. The molecule has 0 aliphatic heterocycles. The number of aryl methyl sites for hydroxylation is 1. The number of hydrogen-bond acceptors (Lipinski definition) is 2. The molecule has 1 unspecified atom stereocenters. The van der Waals surface area contributed by atoms with Gasteiger partial charge in [0.25, 0.3) is 0 Å². The fourth-order valence-electron chi connectivity index (χ4n) is 1.68. The molecule has 4 N–H and O–H groups in total. The summed E-state index contributed by atoms with van der Waals surface area (Å²) in [4.78, 5) is 0. The normalized spacial score (nSPS) is 20.9. The Bertz CT molecular complexity index is 260. The van der Waals surface area contributed by atoms with E-state index in [9.17, 15) is 5.11 Å². The standard InChI is InChI=1S/C10H12O.H3N/c11-10-6-5-8-3-1-2-4-9(8)7-10;/h1-4,10-11H,5-7H2;1H3. The van der Waals surface area contributed by atoms with Crippen LogP contribution >= 0.6 is 0 Å². The van der Waals surface area contributed by atoms with Crippen molar-refractivity contribution in [1.82, 2.24) is 6.15 Å². The third kappa shape index (κ3) is 1.65. The van der Waals surface area contributed by atoms with Gasteiger partial charge in [0.15, 0.2) is 0 Å². The minimum Gasteiger partial charge on any atom is -0.393 e. The van der Waals surface area contributed by atoms with Gasteiger partial charge in [0, 0.05) is 0 Å². The molecular formula is C10H15NO. The first-order chi connectivity index (χ1) is 5.36. The van der Waals surface area contributed by atoms with Crippen LogP contribution in [0.3, 0.4) is 0 Å². The number of aliphatic hydroxyl groups excluding tert-OH is 1. The summed E-state index contributed by atoms with van der Waals surface area (Å²) in [6, 6.07) is 8.37. The van der Waals surface area contributed by atoms with Gasteiger partial charge in [-0.05, 0) is 30.4 Å². The molecule has 0 amide bonds. The van der Waals surface area contributed by atoms with E-state index >= 15 is 0 Å². The van der Waals surface area contributed by atoms with E-state index in [0.29, 0.717) is 0 Å². The molecule has 0 saturated heterocycles. The van der Waals surface area contributed by atoms with E-state index in [2.05, 4.69) is 18.2 Å². The highest BCUT2D eigenvalue weighted by atomic mass is 16.3. The fourth-order valence-corrected chi connectivity index (χ4v) is 1.68. The number of rotatable bonds is 0. The van der Waals surface area contributed by atoms with E-state index in [1.165, 1.54) is 11.1 Å². The average molecular weight is 165 g/mol. The summed E-state index contributed by atoms with van der Waals surface area (Å²) in [6.45, 7) is 0. The summed E-state index contributed by atoms with van der Waals surface area (Å²) in [5.74, 6) is 0. The monoisotopic (exact) mass is 165 g/mol. The van der Waals surface area contributed by atoms with Gasteiger partial charge in [-0.2, -0.15) is 0 Å². The molecule has 2 rings (SSSR count). The summed E-state index contributed by atoms with van der Waals surface area (Å²) in [5.41, 5.74) is 2.74. The van der Waals surface area contributed by atoms with E-state index in [-0.39, 0.29) is 12.3 Å². The maximum Gasteiger partial charge on any atom is 0.0583 e. The number of hydrogen-bond donors (Lipinski definition) is 2. The summed E-state index contributed by atoms with van der Waals surface area (Å²) in [7, 11) is 0. The molecule has 0 spiro atoms. The predicted molar refractivity (Wildman–Crippen MR) is 49.5 cm³/mol. The van der Waals surface area contributed by atoms with Crippen LogP contribution < -0.4 is 6.15 Å². The molecular weight excluding hydrogens is 150 g/mol. The van der Waals surface area contributed by atoms with E-state index < -0.39 is 0 Å². The molecule has 0 heterocycles. The van der Waals surface area contributed by atoms with Gasteiger partial charge in [0.1, 0.15) is 0 Å². The van der Waals surface area contributed by atoms with Crippen molar-refractivity contribution >= 4 is 0 Å². The Balaban J connectivity index is 0.000000720. The Kier molecular flexibility index (Phi) is 2.84. The Hall–Kier alpha value is -0.860. The first kappa shape index (κ1) is 9.23. The van der Waals surface area contributed by atoms with Crippen LogP contribution in [0, 0.1) is 0 Å². The highest BCUT2D eigenvalue weighted by Crippen LogP contribution is 2.20. The van der Waals surface area contributed by atoms with Crippen LogP contribution in [-0.4, -0.2) is 11.2 Å². The van der Waals surface area contributed by atoms with Gasteiger partial charge in [-0.1, -0.05) is 24.3 Å². The van der Waals surface area contributed by atoms with Gasteiger partial charge >= 0.3 is 0 Å². The molecule has 1 aliphatic rings. The van der Waals surface area contributed by atoms with Crippen LogP contribution in [0.2, 0.25) is 0 Å². The first-order valence-corrected chi connectivity index (χ1v) is 4.11. The maximum atomic E-state index is 9.36. The lowest BCUT2D eigenvalue weighted by Gasteiger charge is -2.19. The minimum atomic E-state index is -0.107. The Labute approximate surface area is 72.8 Å². The number of fused-ring (bicyclic) bond motifs is 1. The van der Waals surface area contributed by atoms with E-state index in [1.807, 2.05) is 6.07 Å². The Morgan fingerprint density at radius 1 is 1.17 bits per heavy atom. The molecule has 0 saturated carbocycles. The predicted octanol–water partition coefficient (Wildman–Crippen LogP) is 1.70. The zero-order valence-electron chi connectivity index (χ0n) is 7.16. The summed E-state index contributed by atoms with van der Waals surface area (Å²) >= 11 is 0. The van der Waals surface area contributed by atoms with Gasteiger partial charge < -0.3 is 11.3 Å². The second-order valence-electron chi connectivity index (χ2n) is 3.17. The van der Waals surface area contributed by atoms with E-state index in [1.54, 1.807) is 0 Å². The lowest BCUT2D eigenvalue weighted by atomic mass is 9.90. The van der Waals surface area contributed by atoms with Crippen LogP contribution in [0.5, 0.6) is 0 Å². The van der Waals surface area contributed by atoms with Crippen molar-refractivity contribution in [3.05, 3.63) is 35.4 Å². The van der Waals surface area contributed by atoms with Crippen LogP contribution in [0.1, 0.15) is 17.5 Å². The third-order valence-electron chi connectivity index (χ3n) is 2.32. The Morgan fingerprint density at radius 3 is 2.58 bits per heavy atom. The zero-order chi connectivity index (χ0) is 7.68. The molecule has 1 aliphatic carbocycles. The molecule has 1 aromatic carbocycles. The SMILES string of the molecule is N.OC1CCc2ccccc2C1. The molecule has 66 valence electrons. The third-order valence-corrected chi connectivity index (χ3v) is 2.32. The summed E-state index contributed by atoms with van der Waals surface area (Å²) in [5, 5.41) is 9.36. The molecule has 12 heavy (non-hydrogen) atoms. The van der Waals surface area contributed by atoms with Crippen molar-refractivity contribution in [2.45, 2.75) is 25.4 Å². The van der Waals surface area contributed by atoms with Crippen molar-refractivity contribution in [3.8, 4) is 0 Å². The molecule has 2 heteroatoms. The van der Waals surface area contributed by atoms with Crippen LogP contribution in [0.15, 0.2) is 24.3 Å². The van der Waals surface area contributed by atoms with Gasteiger partial charge in [0.2, 0.25) is 0 Å². The van der Waals surface area contributed by atoms with Crippen molar-refractivity contribution in [2.75, 3.05) is 0 Å². The van der Waals surface area contributed by atoms with Gasteiger partial charge in [0.05, 0.1) is 6.10 Å². The number of aliphatic hydroxyl groups is 1. The van der Waals surface area contributed by atoms with Crippen LogP contribution in [0.4, 0.5) is 0 Å². The lowest BCUT2D eigenvalue weighted by Crippen LogP contribution is -2.18. The van der Waals surface area contributed by atoms with Crippen molar-refractivity contribution in [2.24, 2.45) is 0 Å². The molecule has 0 radical (unpaired) electrons. The Morgan fingerprint density at radius 2 is 1.83 bits per heavy atom. The fraction of sp³-hybridized carbons (Fsp3) is 0.400. The lowest BCUT2D eigenvalue weighted by molar-refractivity contribution is 0.158. The second-order valence-corrected chi connectivity index (χ2v) is 3.17. The van der Waals surface area contributed by atoms with Gasteiger partial charge in [-0.25, -0.2) is 0 Å².